The summed E-state index contributed by atoms with van der Waals surface area (Å²) in [6, 6.07) is 9.12. The van der Waals surface area contributed by atoms with Crippen LogP contribution in [0, 0.1) is 11.3 Å². The zero-order valence-electron chi connectivity index (χ0n) is 16.1. The second-order valence-electron chi connectivity index (χ2n) is 8.95. The lowest BCUT2D eigenvalue weighted by Crippen LogP contribution is -2.28. The molecule has 1 aliphatic heterocycles. The number of rotatable bonds is 3. The zero-order valence-corrected chi connectivity index (χ0v) is 16.9. The number of nitrogens with zero attached hydrogens (tertiary/aromatic N) is 2. The monoisotopic (exact) mass is 360 g/mol. The second kappa shape index (κ2) is 7.32. The van der Waals surface area contributed by atoms with Gasteiger partial charge < -0.3 is 9.47 Å². The molecule has 2 nitrogen and oxygen atoms in total. The van der Waals surface area contributed by atoms with E-state index in [0.717, 1.165) is 12.5 Å². The van der Waals surface area contributed by atoms with Gasteiger partial charge in [0.05, 0.1) is 0 Å². The number of para-hydroxylation sites is 1. The van der Waals surface area contributed by atoms with Gasteiger partial charge in [-0.3, -0.25) is 0 Å². The predicted octanol–water partition coefficient (Wildman–Crippen LogP) is 5.31. The van der Waals surface area contributed by atoms with Crippen LogP contribution in [0.5, 0.6) is 0 Å². The summed E-state index contributed by atoms with van der Waals surface area (Å²) in [6.45, 7) is 12.2. The van der Waals surface area contributed by atoms with Gasteiger partial charge in [0.1, 0.15) is 0 Å². The number of fused-ring (bicyclic) bond motifs is 3. The van der Waals surface area contributed by atoms with Crippen molar-refractivity contribution in [3.63, 3.8) is 0 Å². The van der Waals surface area contributed by atoms with E-state index in [1.807, 2.05) is 0 Å². The molecule has 0 N–H and O–H groups in total. The van der Waals surface area contributed by atoms with Crippen molar-refractivity contribution in [2.75, 3.05) is 19.6 Å². The lowest BCUT2D eigenvalue weighted by molar-refractivity contribution is 0.214. The van der Waals surface area contributed by atoms with Gasteiger partial charge in [0.15, 0.2) is 0 Å². The number of hydrogen-bond donors (Lipinski definition) is 0. The Balaban J connectivity index is 0.00000182. The lowest BCUT2D eigenvalue weighted by Gasteiger charge is -2.34. The molecule has 1 aliphatic carbocycles. The van der Waals surface area contributed by atoms with Crippen LogP contribution in [-0.2, 0) is 19.4 Å². The van der Waals surface area contributed by atoms with Crippen LogP contribution in [0.2, 0.25) is 0 Å². The van der Waals surface area contributed by atoms with Crippen molar-refractivity contribution >= 4 is 23.3 Å². The molecule has 1 unspecified atom stereocenters. The van der Waals surface area contributed by atoms with E-state index in [0.29, 0.717) is 5.41 Å². The smallest absolute Gasteiger partial charge is 0.0485 e. The highest BCUT2D eigenvalue weighted by Gasteiger charge is 2.31. The highest BCUT2D eigenvalue weighted by atomic mass is 35.5. The predicted molar refractivity (Wildman–Crippen MR) is 110 cm³/mol. The van der Waals surface area contributed by atoms with E-state index in [1.54, 1.807) is 11.3 Å². The highest BCUT2D eigenvalue weighted by molar-refractivity contribution is 5.86. The SMILES string of the molecule is CC(C)(C)C1CCc2c(c3ccccc3n2CCN2CCCC2)C1.Cl. The van der Waals surface area contributed by atoms with Crippen molar-refractivity contribution in [2.45, 2.75) is 59.4 Å². The molecule has 0 bridgehead atoms. The third kappa shape index (κ3) is 3.61. The molecule has 0 amide bonds. The first-order valence-corrected chi connectivity index (χ1v) is 9.85. The summed E-state index contributed by atoms with van der Waals surface area (Å²) in [4.78, 5) is 2.64. The molecule has 3 heteroatoms. The standard InChI is InChI=1S/C22H32N2.ClH/c1-22(2,3)17-10-11-21-19(16-17)18-8-4-5-9-20(18)24(21)15-14-23-12-6-7-13-23;/h4-5,8-9,17H,6-7,10-16H2,1-3H3;1H. The average Bonchev–Trinajstić information content (AvgIpc) is 3.17. The van der Waals surface area contributed by atoms with Crippen LogP contribution in [0.1, 0.15) is 51.3 Å². The fourth-order valence-corrected chi connectivity index (χ4v) is 4.84. The first kappa shape index (κ1) is 18.8. The molecule has 25 heavy (non-hydrogen) atoms. The van der Waals surface area contributed by atoms with Crippen molar-refractivity contribution in [3.8, 4) is 0 Å². The molecular weight excluding hydrogens is 328 g/mol. The lowest BCUT2D eigenvalue weighted by atomic mass is 9.71. The maximum Gasteiger partial charge on any atom is 0.0485 e. The molecule has 2 aromatic rings. The van der Waals surface area contributed by atoms with Crippen LogP contribution >= 0.6 is 12.4 Å². The Morgan fingerprint density at radius 2 is 1.76 bits per heavy atom. The second-order valence-corrected chi connectivity index (χ2v) is 8.95. The first-order chi connectivity index (χ1) is 11.5. The van der Waals surface area contributed by atoms with Gasteiger partial charge in [-0.1, -0.05) is 39.0 Å². The molecule has 0 spiro atoms. The zero-order chi connectivity index (χ0) is 16.7. The molecule has 0 radical (unpaired) electrons. The molecule has 1 fully saturated rings. The maximum absolute atomic E-state index is 2.65. The largest absolute Gasteiger partial charge is 0.343 e. The number of halogens is 1. The van der Waals surface area contributed by atoms with Crippen LogP contribution in [0.3, 0.4) is 0 Å². The highest BCUT2D eigenvalue weighted by Crippen LogP contribution is 2.41. The maximum atomic E-state index is 2.65. The summed E-state index contributed by atoms with van der Waals surface area (Å²) in [7, 11) is 0. The van der Waals surface area contributed by atoms with Gasteiger partial charge in [-0.25, -0.2) is 0 Å². The van der Waals surface area contributed by atoms with E-state index in [-0.39, 0.29) is 12.4 Å². The Morgan fingerprint density at radius 1 is 1.04 bits per heavy atom. The molecule has 138 valence electrons. The Morgan fingerprint density at radius 3 is 2.48 bits per heavy atom. The molecule has 4 rings (SSSR count). The summed E-state index contributed by atoms with van der Waals surface area (Å²) in [5.74, 6) is 0.808. The van der Waals surface area contributed by atoms with Gasteiger partial charge in [0.25, 0.3) is 0 Å². The summed E-state index contributed by atoms with van der Waals surface area (Å²) in [6.07, 6.45) is 6.63. The molecule has 1 atom stereocenters. The number of hydrogen-bond acceptors (Lipinski definition) is 1. The van der Waals surface area contributed by atoms with E-state index in [4.69, 9.17) is 0 Å². The molecule has 2 heterocycles. The van der Waals surface area contributed by atoms with E-state index in [2.05, 4.69) is 54.5 Å². The molecule has 1 saturated heterocycles. The van der Waals surface area contributed by atoms with Crippen molar-refractivity contribution in [1.82, 2.24) is 9.47 Å². The summed E-state index contributed by atoms with van der Waals surface area (Å²) >= 11 is 0. The van der Waals surface area contributed by atoms with Crippen LogP contribution in [0.4, 0.5) is 0 Å². The average molecular weight is 361 g/mol. The van der Waals surface area contributed by atoms with Crippen molar-refractivity contribution in [3.05, 3.63) is 35.5 Å². The van der Waals surface area contributed by atoms with Crippen molar-refractivity contribution in [2.24, 2.45) is 11.3 Å². The van der Waals surface area contributed by atoms with Gasteiger partial charge in [0.2, 0.25) is 0 Å². The van der Waals surface area contributed by atoms with Gasteiger partial charge >= 0.3 is 0 Å². The van der Waals surface area contributed by atoms with Crippen LogP contribution in [0.25, 0.3) is 10.9 Å². The van der Waals surface area contributed by atoms with Crippen LogP contribution < -0.4 is 0 Å². The van der Waals surface area contributed by atoms with Crippen LogP contribution in [0.15, 0.2) is 24.3 Å². The first-order valence-electron chi connectivity index (χ1n) is 9.85. The molecule has 0 saturated carbocycles. The van der Waals surface area contributed by atoms with E-state index < -0.39 is 0 Å². The van der Waals surface area contributed by atoms with Crippen LogP contribution in [-0.4, -0.2) is 29.1 Å². The fraction of sp³-hybridized carbons (Fsp3) is 0.636. The van der Waals surface area contributed by atoms with Crippen molar-refractivity contribution < 1.29 is 0 Å². The Kier molecular flexibility index (Phi) is 5.51. The summed E-state index contributed by atoms with van der Waals surface area (Å²) in [5.41, 5.74) is 5.17. The summed E-state index contributed by atoms with van der Waals surface area (Å²) in [5, 5.41) is 1.52. The molecular formula is C22H33ClN2. The minimum atomic E-state index is 0. The quantitative estimate of drug-likeness (QED) is 0.720. The van der Waals surface area contributed by atoms with Gasteiger partial charge in [-0.2, -0.15) is 0 Å². The normalized spacial score (nSPS) is 21.3. The number of aromatic nitrogens is 1. The number of likely N-dealkylation sites (tertiary alicyclic amines) is 1. The fourth-order valence-electron chi connectivity index (χ4n) is 4.84. The van der Waals surface area contributed by atoms with E-state index in [9.17, 15) is 0 Å². The summed E-state index contributed by atoms with van der Waals surface area (Å²) < 4.78 is 2.65. The topological polar surface area (TPSA) is 8.17 Å². The van der Waals surface area contributed by atoms with E-state index >= 15 is 0 Å². The van der Waals surface area contributed by atoms with Gasteiger partial charge in [-0.05, 0) is 68.2 Å². The number of benzene rings is 1. The molecule has 1 aromatic carbocycles. The molecule has 1 aromatic heterocycles. The van der Waals surface area contributed by atoms with Crippen molar-refractivity contribution in [1.29, 1.82) is 0 Å². The molecule has 2 aliphatic rings. The Labute approximate surface area is 159 Å². The van der Waals surface area contributed by atoms with E-state index in [1.165, 1.54) is 62.6 Å². The minimum absolute atomic E-state index is 0. The minimum Gasteiger partial charge on any atom is -0.343 e. The Bertz CT molecular complexity index is 719. The third-order valence-electron chi connectivity index (χ3n) is 6.44. The van der Waals surface area contributed by atoms with Gasteiger partial charge in [-0.15, -0.1) is 12.4 Å². The Hall–Kier alpha value is -0.990. The van der Waals surface area contributed by atoms with Gasteiger partial charge in [0, 0.05) is 29.7 Å². The third-order valence-corrected chi connectivity index (χ3v) is 6.44.